The standard InChI is InChI=1S/C16H17Br2NO2/c1-10-6-12(17)4-5-14(10)19-9-11-7-13(18)16(21-3)15(8-11)20-2/h4-8,19H,9H2,1-3H3. The Morgan fingerprint density at radius 2 is 1.81 bits per heavy atom. The molecule has 2 aromatic carbocycles. The van der Waals surface area contributed by atoms with Crippen molar-refractivity contribution in [3.8, 4) is 11.5 Å². The van der Waals surface area contributed by atoms with Gasteiger partial charge in [0.15, 0.2) is 11.5 Å². The predicted octanol–water partition coefficient (Wildman–Crippen LogP) is 5.15. The Morgan fingerprint density at radius 3 is 2.43 bits per heavy atom. The normalized spacial score (nSPS) is 10.3. The van der Waals surface area contributed by atoms with Gasteiger partial charge in [0.25, 0.3) is 0 Å². The van der Waals surface area contributed by atoms with Gasteiger partial charge in [0.1, 0.15) is 0 Å². The SMILES string of the molecule is COc1cc(CNc2ccc(Br)cc2C)cc(Br)c1OC. The molecule has 5 heteroatoms. The molecule has 112 valence electrons. The van der Waals surface area contributed by atoms with Gasteiger partial charge in [-0.15, -0.1) is 0 Å². The van der Waals surface area contributed by atoms with Crippen LogP contribution in [-0.2, 0) is 6.54 Å². The molecule has 0 heterocycles. The molecule has 0 amide bonds. The molecule has 0 saturated heterocycles. The van der Waals surface area contributed by atoms with E-state index < -0.39 is 0 Å². The van der Waals surface area contributed by atoms with Gasteiger partial charge in [0.2, 0.25) is 0 Å². The molecule has 0 unspecified atom stereocenters. The van der Waals surface area contributed by atoms with Gasteiger partial charge in [-0.3, -0.25) is 0 Å². The maximum Gasteiger partial charge on any atom is 0.174 e. The van der Waals surface area contributed by atoms with E-state index in [4.69, 9.17) is 9.47 Å². The second kappa shape index (κ2) is 7.18. The summed E-state index contributed by atoms with van der Waals surface area (Å²) in [5.74, 6) is 1.43. The van der Waals surface area contributed by atoms with Crippen LogP contribution >= 0.6 is 31.9 Å². The Balaban J connectivity index is 2.18. The molecule has 0 fully saturated rings. The van der Waals surface area contributed by atoms with Crippen molar-refractivity contribution in [2.75, 3.05) is 19.5 Å². The Morgan fingerprint density at radius 1 is 1.05 bits per heavy atom. The summed E-state index contributed by atoms with van der Waals surface area (Å²) in [6, 6.07) is 10.2. The third kappa shape index (κ3) is 3.92. The lowest BCUT2D eigenvalue weighted by Gasteiger charge is -2.14. The summed E-state index contributed by atoms with van der Waals surface area (Å²) in [6.07, 6.45) is 0. The summed E-state index contributed by atoms with van der Waals surface area (Å²) >= 11 is 6.98. The van der Waals surface area contributed by atoms with Gasteiger partial charge in [-0.2, -0.15) is 0 Å². The van der Waals surface area contributed by atoms with Crippen molar-refractivity contribution < 1.29 is 9.47 Å². The molecule has 0 radical (unpaired) electrons. The molecule has 0 spiro atoms. The summed E-state index contributed by atoms with van der Waals surface area (Å²) in [5, 5.41) is 3.43. The third-order valence-electron chi connectivity index (χ3n) is 3.16. The first-order valence-electron chi connectivity index (χ1n) is 6.45. The molecule has 0 atom stereocenters. The number of halogens is 2. The molecule has 3 nitrogen and oxygen atoms in total. The maximum atomic E-state index is 5.36. The smallest absolute Gasteiger partial charge is 0.174 e. The van der Waals surface area contributed by atoms with Gasteiger partial charge in [-0.05, 0) is 64.3 Å². The van der Waals surface area contributed by atoms with Crippen LogP contribution in [0.3, 0.4) is 0 Å². The average molecular weight is 415 g/mol. The van der Waals surface area contributed by atoms with Crippen LogP contribution in [0.15, 0.2) is 39.3 Å². The quantitative estimate of drug-likeness (QED) is 0.733. The van der Waals surface area contributed by atoms with Crippen LogP contribution in [0, 0.1) is 6.92 Å². The Kier molecular flexibility index (Phi) is 5.53. The van der Waals surface area contributed by atoms with Crippen LogP contribution < -0.4 is 14.8 Å². The summed E-state index contributed by atoms with van der Waals surface area (Å²) < 4.78 is 12.6. The Bertz CT molecular complexity index is 644. The first kappa shape index (κ1) is 16.2. The zero-order chi connectivity index (χ0) is 15.4. The van der Waals surface area contributed by atoms with E-state index in [1.54, 1.807) is 14.2 Å². The number of rotatable bonds is 5. The van der Waals surface area contributed by atoms with Crippen LogP contribution in [-0.4, -0.2) is 14.2 Å². The molecule has 0 aromatic heterocycles. The van der Waals surface area contributed by atoms with E-state index in [2.05, 4.69) is 56.2 Å². The van der Waals surface area contributed by atoms with Gasteiger partial charge in [0.05, 0.1) is 18.7 Å². The van der Waals surface area contributed by atoms with Gasteiger partial charge < -0.3 is 14.8 Å². The van der Waals surface area contributed by atoms with Crippen LogP contribution in [0.2, 0.25) is 0 Å². The van der Waals surface area contributed by atoms with Crippen molar-refractivity contribution in [2.24, 2.45) is 0 Å². The highest BCUT2D eigenvalue weighted by Crippen LogP contribution is 2.36. The highest BCUT2D eigenvalue weighted by atomic mass is 79.9. The molecule has 0 saturated carbocycles. The van der Waals surface area contributed by atoms with Crippen molar-refractivity contribution >= 4 is 37.5 Å². The lowest BCUT2D eigenvalue weighted by atomic mass is 10.1. The number of methoxy groups -OCH3 is 2. The van der Waals surface area contributed by atoms with Gasteiger partial charge in [-0.25, -0.2) is 0 Å². The van der Waals surface area contributed by atoms with Crippen molar-refractivity contribution in [2.45, 2.75) is 13.5 Å². The van der Waals surface area contributed by atoms with E-state index in [-0.39, 0.29) is 0 Å². The largest absolute Gasteiger partial charge is 0.493 e. The Labute approximate surface area is 141 Å². The number of nitrogens with one attached hydrogen (secondary N) is 1. The van der Waals surface area contributed by atoms with E-state index in [1.807, 2.05) is 18.2 Å². The molecule has 0 aliphatic heterocycles. The second-order valence-electron chi connectivity index (χ2n) is 4.63. The van der Waals surface area contributed by atoms with E-state index in [1.165, 1.54) is 5.56 Å². The van der Waals surface area contributed by atoms with E-state index in [0.29, 0.717) is 12.3 Å². The summed E-state index contributed by atoms with van der Waals surface area (Å²) in [6.45, 7) is 2.79. The minimum absolute atomic E-state index is 0.709. The van der Waals surface area contributed by atoms with Gasteiger partial charge in [0, 0.05) is 16.7 Å². The maximum absolute atomic E-state index is 5.36. The molecule has 21 heavy (non-hydrogen) atoms. The zero-order valence-electron chi connectivity index (χ0n) is 12.2. The summed E-state index contributed by atoms with van der Waals surface area (Å²) in [7, 11) is 3.27. The fraction of sp³-hybridized carbons (Fsp3) is 0.250. The predicted molar refractivity (Wildman–Crippen MR) is 93.5 cm³/mol. The Hall–Kier alpha value is -1.20. The van der Waals surface area contributed by atoms with E-state index in [9.17, 15) is 0 Å². The highest BCUT2D eigenvalue weighted by molar-refractivity contribution is 9.10. The van der Waals surface area contributed by atoms with Crippen LogP contribution in [0.25, 0.3) is 0 Å². The van der Waals surface area contributed by atoms with Crippen molar-refractivity contribution in [3.05, 3.63) is 50.4 Å². The molecule has 1 N–H and O–H groups in total. The van der Waals surface area contributed by atoms with Gasteiger partial charge >= 0.3 is 0 Å². The fourth-order valence-electron chi connectivity index (χ4n) is 2.10. The molecule has 0 bridgehead atoms. The lowest BCUT2D eigenvalue weighted by molar-refractivity contribution is 0.352. The second-order valence-corrected chi connectivity index (χ2v) is 6.40. The zero-order valence-corrected chi connectivity index (χ0v) is 15.3. The average Bonchev–Trinajstić information content (AvgIpc) is 2.45. The topological polar surface area (TPSA) is 30.5 Å². The van der Waals surface area contributed by atoms with Crippen LogP contribution in [0.5, 0.6) is 11.5 Å². The van der Waals surface area contributed by atoms with Crippen molar-refractivity contribution in [1.29, 1.82) is 0 Å². The van der Waals surface area contributed by atoms with Crippen LogP contribution in [0.4, 0.5) is 5.69 Å². The summed E-state index contributed by atoms with van der Waals surface area (Å²) in [4.78, 5) is 0. The number of hydrogen-bond acceptors (Lipinski definition) is 3. The summed E-state index contributed by atoms with van der Waals surface area (Å²) in [5.41, 5.74) is 3.43. The molecule has 2 aromatic rings. The fourth-order valence-corrected chi connectivity index (χ4v) is 3.22. The van der Waals surface area contributed by atoms with Crippen molar-refractivity contribution in [3.63, 3.8) is 0 Å². The number of ether oxygens (including phenoxy) is 2. The van der Waals surface area contributed by atoms with Crippen LogP contribution in [0.1, 0.15) is 11.1 Å². The number of anilines is 1. The minimum atomic E-state index is 0.709. The lowest BCUT2D eigenvalue weighted by Crippen LogP contribution is -2.02. The number of hydrogen-bond donors (Lipinski definition) is 1. The molecule has 0 aliphatic carbocycles. The molecular weight excluding hydrogens is 398 g/mol. The third-order valence-corrected chi connectivity index (χ3v) is 4.25. The number of aryl methyl sites for hydroxylation is 1. The molecular formula is C16H17Br2NO2. The molecule has 0 aliphatic rings. The monoisotopic (exact) mass is 413 g/mol. The highest BCUT2D eigenvalue weighted by Gasteiger charge is 2.10. The molecule has 2 rings (SSSR count). The van der Waals surface area contributed by atoms with Gasteiger partial charge in [-0.1, -0.05) is 15.9 Å². The first-order valence-corrected chi connectivity index (χ1v) is 8.04. The van der Waals surface area contributed by atoms with E-state index >= 15 is 0 Å². The first-order chi connectivity index (χ1) is 10.0. The van der Waals surface area contributed by atoms with E-state index in [0.717, 1.165) is 25.9 Å². The number of benzene rings is 2. The minimum Gasteiger partial charge on any atom is -0.493 e. The van der Waals surface area contributed by atoms with Crippen molar-refractivity contribution in [1.82, 2.24) is 0 Å².